The van der Waals surface area contributed by atoms with Crippen LogP contribution in [0.15, 0.2) is 70.5 Å². The Bertz CT molecular complexity index is 2390. The number of benzene rings is 2. The monoisotopic (exact) mass is 1160 g/mol. The number of hydrogen-bond donors (Lipinski definition) is 1. The third-order valence-electron chi connectivity index (χ3n) is 8.07. The Hall–Kier alpha value is -4.52. The molecule has 2 aromatic rings. The van der Waals surface area contributed by atoms with Crippen LogP contribution in [0.2, 0.25) is 0 Å². The molecule has 16 nitrogen and oxygen atoms in total. The average Bonchev–Trinajstić information content (AvgIpc) is 3.50. The number of fused-ring (bicyclic) bond motifs is 1. The van der Waals surface area contributed by atoms with Crippen molar-refractivity contribution < 1.29 is 127 Å². The number of esters is 2. The summed E-state index contributed by atoms with van der Waals surface area (Å²) < 4.78 is 167. The number of ether oxygens (including phenoxy) is 2. The molecular weight excluding hydrogens is 1110 g/mol. The van der Waals surface area contributed by atoms with Crippen molar-refractivity contribution in [1.82, 2.24) is 0 Å². The number of halogens is 6. The van der Waals surface area contributed by atoms with E-state index in [1.165, 1.54) is 0 Å². The Balaban J connectivity index is -0.000000395. The number of nitrogens with zero attached hydrogens (tertiary/aromatic N) is 1. The van der Waals surface area contributed by atoms with Gasteiger partial charge >= 0.3 is 23.0 Å². The number of carbonyl (C=O) groups is 2. The van der Waals surface area contributed by atoms with E-state index in [2.05, 4.69) is 29.7 Å². The molecule has 0 aromatic heterocycles. The van der Waals surface area contributed by atoms with Crippen LogP contribution in [0.3, 0.4) is 0 Å². The number of nitrogens with two attached hydrogens (primary N) is 1. The van der Waals surface area contributed by atoms with Crippen molar-refractivity contribution in [3.63, 3.8) is 0 Å². The fourth-order valence-electron chi connectivity index (χ4n) is 5.27. The van der Waals surface area contributed by atoms with Gasteiger partial charge in [-0.05, 0) is 95.4 Å². The van der Waals surface area contributed by atoms with Gasteiger partial charge in [-0.25, -0.2) is 17.4 Å². The molecule has 69 heavy (non-hydrogen) atoms. The molecule has 2 unspecified atom stereocenters. The van der Waals surface area contributed by atoms with Gasteiger partial charge in [-0.3, -0.25) is 24.5 Å². The van der Waals surface area contributed by atoms with Gasteiger partial charge in [0.2, 0.25) is 6.21 Å². The van der Waals surface area contributed by atoms with Gasteiger partial charge in [0.25, 0.3) is 20.2 Å². The predicted octanol–water partition coefficient (Wildman–Crippen LogP) is 5.18. The average molecular weight is 1160 g/mol. The molecule has 2 aromatic carbocycles. The van der Waals surface area contributed by atoms with E-state index in [0.29, 0.717) is 38.9 Å². The maximum atomic E-state index is 12.2. The Kier molecular flexibility index (Phi) is 36.6. The van der Waals surface area contributed by atoms with E-state index in [0.717, 1.165) is 17.3 Å². The second-order valence-electron chi connectivity index (χ2n) is 12.8. The van der Waals surface area contributed by atoms with E-state index < -0.39 is 58.6 Å². The third kappa shape index (κ3) is 30.0. The van der Waals surface area contributed by atoms with E-state index in [9.17, 15) is 52.8 Å². The van der Waals surface area contributed by atoms with Crippen LogP contribution in [0.4, 0.5) is 26.3 Å². The molecule has 2 fully saturated rings. The zero-order chi connectivity index (χ0) is 52.2. The summed E-state index contributed by atoms with van der Waals surface area (Å²) in [4.78, 5) is 22.1. The minimum atomic E-state index is -5.08. The van der Waals surface area contributed by atoms with Gasteiger partial charge in [0.1, 0.15) is 0 Å². The molecule has 28 heteroatoms. The summed E-state index contributed by atoms with van der Waals surface area (Å²) in [5.74, 6) is 7.91. The van der Waals surface area contributed by atoms with E-state index >= 15 is 0 Å². The van der Waals surface area contributed by atoms with E-state index in [4.69, 9.17) is 47.2 Å². The fourth-order valence-corrected chi connectivity index (χ4v) is 7.46. The van der Waals surface area contributed by atoms with Crippen LogP contribution in [0.1, 0.15) is 50.7 Å². The third-order valence-corrected chi connectivity index (χ3v) is 11.6. The van der Waals surface area contributed by atoms with Crippen molar-refractivity contribution in [2.45, 2.75) is 86.4 Å². The van der Waals surface area contributed by atoms with Crippen molar-refractivity contribution in [1.29, 1.82) is 0 Å². The largest absolute Gasteiger partial charge is 0.817 e. The standard InChI is InChI=1S/C16H20O5S.C12H14O3S.C6H.C4H7NO2.2CF3O2S.CH2N.2Cu/c1-3-20-16(17)15-13-8-11(9-14(13)15)21-22(18,19)12-6-4-10(2)5-7-12;1-10-6-8-12(9-7-10)16(13,14)15-11-4-2-3-5-11;1-3-5-6-4-2;1-2-7-4(6)3-5;2*2-1(3,4)7(5)6;1-2;;/h4-7,11,13-15H,3,8-9H2,1-2H3;2-3,6-9,11H,4-5H2,1H3;1H;3,5H,2H2,1H3;;;1H2;;/q;;-1;;3*-1;;/p+1/t11?,13-,14+,15?;;;;;;;;. The summed E-state index contributed by atoms with van der Waals surface area (Å²) in [6.07, 6.45) is 17.6. The van der Waals surface area contributed by atoms with Gasteiger partial charge in [-0.1, -0.05) is 47.5 Å². The van der Waals surface area contributed by atoms with Gasteiger partial charge in [0.05, 0.1) is 41.1 Å². The maximum Gasteiger partial charge on any atom is 0.395 e. The number of hydrogen-bond acceptors (Lipinski definition) is 16. The molecule has 3 aliphatic rings. The summed E-state index contributed by atoms with van der Waals surface area (Å²) in [6, 6.07) is 13.3. The van der Waals surface area contributed by atoms with Crippen LogP contribution in [-0.4, -0.2) is 78.1 Å². The molecule has 3 aliphatic carbocycles. The van der Waals surface area contributed by atoms with Crippen LogP contribution in [0, 0.1) is 68.1 Å². The Labute approximate surface area is 422 Å². The van der Waals surface area contributed by atoms with E-state index in [-0.39, 0.29) is 79.9 Å². The summed E-state index contributed by atoms with van der Waals surface area (Å²) in [6.45, 7) is 10.3. The van der Waals surface area contributed by atoms with Gasteiger partial charge in [0.15, 0.2) is 0 Å². The second-order valence-corrected chi connectivity index (χ2v) is 17.8. The van der Waals surface area contributed by atoms with Crippen molar-refractivity contribution in [3.8, 4) is 30.1 Å². The first-order chi connectivity index (χ1) is 31.1. The summed E-state index contributed by atoms with van der Waals surface area (Å²) in [5, 5.41) is 11.5. The van der Waals surface area contributed by atoms with E-state index in [1.54, 1.807) is 62.4 Å². The number of terminal acetylenes is 1. The Morgan fingerprint density at radius 2 is 1.10 bits per heavy atom. The maximum absolute atomic E-state index is 12.2. The van der Waals surface area contributed by atoms with E-state index in [1.807, 2.05) is 37.8 Å². The van der Waals surface area contributed by atoms with Gasteiger partial charge in [0, 0.05) is 55.5 Å². The molecule has 0 heterocycles. The van der Waals surface area contributed by atoms with Gasteiger partial charge in [-0.2, -0.15) is 43.2 Å². The van der Waals surface area contributed by atoms with Crippen molar-refractivity contribution in [3.05, 3.63) is 83.6 Å². The molecule has 0 amide bonds. The van der Waals surface area contributed by atoms with Crippen LogP contribution < -0.4 is 5.41 Å². The van der Waals surface area contributed by atoms with Crippen molar-refractivity contribution in [2.24, 2.45) is 17.8 Å². The van der Waals surface area contributed by atoms with Crippen molar-refractivity contribution >= 4 is 66.5 Å². The Morgan fingerprint density at radius 1 is 0.754 bits per heavy atom. The van der Waals surface area contributed by atoms with Crippen LogP contribution >= 0.6 is 0 Å². The van der Waals surface area contributed by atoms with Crippen LogP contribution in [-0.2, 0) is 120 Å². The number of alkyl halides is 6. The Morgan fingerprint density at radius 3 is 1.36 bits per heavy atom. The zero-order valence-corrected chi connectivity index (χ0v) is 41.7. The molecule has 2 saturated carbocycles. The van der Waals surface area contributed by atoms with Crippen molar-refractivity contribution in [2.75, 3.05) is 13.2 Å². The molecule has 4 atom stereocenters. The molecule has 0 bridgehead atoms. The summed E-state index contributed by atoms with van der Waals surface area (Å²) >= 11 is 0. The smallest absolute Gasteiger partial charge is 0.395 e. The van der Waals surface area contributed by atoms with Crippen LogP contribution in [0.5, 0.6) is 0 Å². The molecule has 2 radical (unpaired) electrons. The predicted molar refractivity (Wildman–Crippen MR) is 230 cm³/mol. The molecule has 394 valence electrons. The zero-order valence-electron chi connectivity index (χ0n) is 36.5. The van der Waals surface area contributed by atoms with Gasteiger partial charge < -0.3 is 38.1 Å². The van der Waals surface area contributed by atoms with Gasteiger partial charge in [-0.15, -0.1) is 12.3 Å². The first-order valence-corrected chi connectivity index (χ1v) is 23.6. The first kappa shape index (κ1) is 71.0. The summed E-state index contributed by atoms with van der Waals surface area (Å²) in [5.41, 5.74) is -8.14. The second kappa shape index (κ2) is 35.6. The molecular formula is C41H45Cu2F6N2O14S4-3. The normalized spacial score (nSPS) is 17.1. The first-order valence-electron chi connectivity index (χ1n) is 18.7. The summed E-state index contributed by atoms with van der Waals surface area (Å²) in [7, 11) is -15.2. The minimum Gasteiger partial charge on any atom is -0.817 e. The number of aryl methyl sites for hydroxylation is 2. The fraction of sp³-hybridized carbons (Fsp3) is 0.415. The number of carbonyl (C=O) groups excluding carboxylic acids is 2. The quantitative estimate of drug-likeness (QED) is 0.0370. The molecule has 0 saturated heterocycles. The molecule has 0 spiro atoms. The minimum absolute atomic E-state index is 0. The van der Waals surface area contributed by atoms with Crippen LogP contribution in [0.25, 0.3) is 5.41 Å². The molecule has 5 rings (SSSR count). The molecule has 0 aliphatic heterocycles. The number of rotatable bonds is 10. The topological polar surface area (TPSA) is 256 Å². The molecule has 2 N–H and O–H groups in total. The SMILES string of the molecule is C=[N-].CCOC(=O)C1[C@H]2CC(OS(=O)(=O)c3ccc(C)cc3)C[C@@H]12.CCOC(=O)C=[NH2+].Cc1ccc(S(=O)(=O)OC2CC=CC2)cc1.O=[S-](=O)C(F)(F)F.O=[S-](=O)C(F)(F)F.[C-]#CC#CC#C.[Cu].[Cu].